The molecule has 0 fully saturated rings. The van der Waals surface area contributed by atoms with Gasteiger partial charge in [-0.15, -0.1) is 11.3 Å². The van der Waals surface area contributed by atoms with Gasteiger partial charge in [-0.2, -0.15) is 0 Å². The van der Waals surface area contributed by atoms with Crippen LogP contribution in [0.4, 0.5) is 0 Å². The van der Waals surface area contributed by atoms with Gasteiger partial charge in [0.05, 0.1) is 11.4 Å². The molecule has 3 N–H and O–H groups in total. The quantitative estimate of drug-likeness (QED) is 0.713. The molecule has 2 amide bonds. The van der Waals surface area contributed by atoms with Crippen LogP contribution < -0.4 is 10.6 Å². The van der Waals surface area contributed by atoms with E-state index in [0.29, 0.717) is 11.3 Å². The number of hydrogen-bond acceptors (Lipinski definition) is 4. The van der Waals surface area contributed by atoms with Crippen LogP contribution in [0.5, 0.6) is 0 Å². The molecule has 1 aromatic heterocycles. The van der Waals surface area contributed by atoms with E-state index in [-0.39, 0.29) is 31.0 Å². The molecule has 122 valence electrons. The highest BCUT2D eigenvalue weighted by atomic mass is 32.1. The van der Waals surface area contributed by atoms with E-state index in [0.717, 1.165) is 19.3 Å². The van der Waals surface area contributed by atoms with E-state index >= 15 is 0 Å². The van der Waals surface area contributed by atoms with Crippen LogP contribution in [-0.2, 0) is 17.6 Å². The van der Waals surface area contributed by atoms with Crippen molar-refractivity contribution in [2.24, 2.45) is 0 Å². The van der Waals surface area contributed by atoms with E-state index in [1.54, 1.807) is 11.3 Å². The number of fused-ring (bicyclic) bond motifs is 1. The minimum atomic E-state index is -0.194. The topological polar surface area (TPSA) is 78.4 Å². The molecule has 0 bridgehead atoms. The number of thiophene rings is 1. The van der Waals surface area contributed by atoms with Gasteiger partial charge in [-0.25, -0.2) is 0 Å². The smallest absolute Gasteiger partial charge is 0.261 e. The summed E-state index contributed by atoms with van der Waals surface area (Å²) in [5.41, 5.74) is 1.29. The fourth-order valence-electron chi connectivity index (χ4n) is 2.65. The van der Waals surface area contributed by atoms with Crippen molar-refractivity contribution in [1.29, 1.82) is 0 Å². The molecule has 0 aliphatic heterocycles. The Bertz CT molecular complexity index is 504. The number of nitrogens with one attached hydrogen (secondary N) is 2. The summed E-state index contributed by atoms with van der Waals surface area (Å²) in [7, 11) is 0. The molecule has 6 heteroatoms. The molecule has 0 saturated carbocycles. The van der Waals surface area contributed by atoms with Crippen molar-refractivity contribution < 1.29 is 14.7 Å². The number of aryl methyl sites for hydroxylation is 2. The first kappa shape index (κ1) is 17.0. The van der Waals surface area contributed by atoms with Gasteiger partial charge in [0.1, 0.15) is 0 Å². The second-order valence-electron chi connectivity index (χ2n) is 5.78. The standard InChI is InChI=1S/C16H24N2O3S/c1-11(5-4-8-19)18-15(20)10-17-16(21)14-9-12-6-2-3-7-13(12)22-14/h9,11,19H,2-8,10H2,1H3,(H,17,21)(H,18,20). The molecule has 0 aromatic carbocycles. The van der Waals surface area contributed by atoms with Crippen molar-refractivity contribution in [3.63, 3.8) is 0 Å². The van der Waals surface area contributed by atoms with E-state index in [4.69, 9.17) is 5.11 Å². The molecule has 1 heterocycles. The summed E-state index contributed by atoms with van der Waals surface area (Å²) in [5, 5.41) is 14.2. The number of carbonyl (C=O) groups excluding carboxylic acids is 2. The van der Waals surface area contributed by atoms with Gasteiger partial charge < -0.3 is 15.7 Å². The van der Waals surface area contributed by atoms with E-state index in [9.17, 15) is 9.59 Å². The molecule has 0 spiro atoms. The number of aliphatic hydroxyl groups is 1. The summed E-state index contributed by atoms with van der Waals surface area (Å²) in [6.07, 6.45) is 5.90. The number of carbonyl (C=O) groups is 2. The molecule has 1 aliphatic carbocycles. The van der Waals surface area contributed by atoms with Crippen LogP contribution in [0, 0.1) is 0 Å². The Morgan fingerprint density at radius 2 is 2.14 bits per heavy atom. The summed E-state index contributed by atoms with van der Waals surface area (Å²) in [6.45, 7) is 2.01. The zero-order chi connectivity index (χ0) is 15.9. The van der Waals surface area contributed by atoms with Crippen molar-refractivity contribution in [2.45, 2.75) is 51.5 Å². The lowest BCUT2D eigenvalue weighted by Gasteiger charge is -2.13. The number of hydrogen-bond donors (Lipinski definition) is 3. The van der Waals surface area contributed by atoms with Gasteiger partial charge in [-0.05, 0) is 57.1 Å². The van der Waals surface area contributed by atoms with E-state index in [1.807, 2.05) is 13.0 Å². The first-order valence-corrected chi connectivity index (χ1v) is 8.72. The van der Waals surface area contributed by atoms with Crippen molar-refractivity contribution in [3.05, 3.63) is 21.4 Å². The maximum Gasteiger partial charge on any atom is 0.261 e. The molecule has 0 saturated heterocycles. The van der Waals surface area contributed by atoms with Gasteiger partial charge in [0.2, 0.25) is 5.91 Å². The fourth-order valence-corrected chi connectivity index (χ4v) is 3.82. The minimum Gasteiger partial charge on any atom is -0.396 e. The molecule has 2 rings (SSSR count). The predicted octanol–water partition coefficient (Wildman–Crippen LogP) is 1.63. The Hall–Kier alpha value is -1.40. The first-order chi connectivity index (χ1) is 10.6. The Labute approximate surface area is 135 Å². The fraction of sp³-hybridized carbons (Fsp3) is 0.625. The first-order valence-electron chi connectivity index (χ1n) is 7.90. The lowest BCUT2D eigenvalue weighted by Crippen LogP contribution is -2.40. The molecule has 1 aliphatic rings. The molecule has 1 atom stereocenters. The molecule has 5 nitrogen and oxygen atoms in total. The Balaban J connectivity index is 1.77. The van der Waals surface area contributed by atoms with Crippen LogP contribution >= 0.6 is 11.3 Å². The largest absolute Gasteiger partial charge is 0.396 e. The SMILES string of the molecule is CC(CCCO)NC(=O)CNC(=O)c1cc2c(s1)CCCC2. The van der Waals surface area contributed by atoms with Crippen molar-refractivity contribution in [2.75, 3.05) is 13.2 Å². The van der Waals surface area contributed by atoms with Gasteiger partial charge >= 0.3 is 0 Å². The summed E-state index contributed by atoms with van der Waals surface area (Å²) in [4.78, 5) is 25.9. The normalized spacial score (nSPS) is 15.0. The highest BCUT2D eigenvalue weighted by Crippen LogP contribution is 2.29. The van der Waals surface area contributed by atoms with Gasteiger partial charge in [0.15, 0.2) is 0 Å². The third kappa shape index (κ3) is 4.81. The van der Waals surface area contributed by atoms with Crippen LogP contribution in [0.15, 0.2) is 6.07 Å². The van der Waals surface area contributed by atoms with E-state index in [1.165, 1.54) is 23.3 Å². The highest BCUT2D eigenvalue weighted by Gasteiger charge is 2.17. The Morgan fingerprint density at radius 3 is 2.86 bits per heavy atom. The third-order valence-electron chi connectivity index (χ3n) is 3.83. The molecule has 0 radical (unpaired) electrons. The summed E-state index contributed by atoms with van der Waals surface area (Å²) in [5.74, 6) is -0.363. The second-order valence-corrected chi connectivity index (χ2v) is 6.92. The van der Waals surface area contributed by atoms with Crippen LogP contribution in [0.25, 0.3) is 0 Å². The van der Waals surface area contributed by atoms with Gasteiger partial charge in [-0.3, -0.25) is 9.59 Å². The second kappa shape index (κ2) is 8.29. The minimum absolute atomic E-state index is 0.00519. The predicted molar refractivity (Wildman–Crippen MR) is 87.2 cm³/mol. The molecular formula is C16H24N2O3S. The van der Waals surface area contributed by atoms with E-state index < -0.39 is 0 Å². The molecular weight excluding hydrogens is 300 g/mol. The molecule has 1 aromatic rings. The van der Waals surface area contributed by atoms with Gasteiger partial charge in [-0.1, -0.05) is 0 Å². The molecule has 1 unspecified atom stereocenters. The van der Waals surface area contributed by atoms with Crippen LogP contribution in [0.2, 0.25) is 0 Å². The lowest BCUT2D eigenvalue weighted by molar-refractivity contribution is -0.120. The monoisotopic (exact) mass is 324 g/mol. The average Bonchev–Trinajstić information content (AvgIpc) is 2.94. The summed E-state index contributed by atoms with van der Waals surface area (Å²) in [6, 6.07) is 1.97. The lowest BCUT2D eigenvalue weighted by atomic mass is 9.99. The zero-order valence-corrected chi connectivity index (χ0v) is 13.8. The zero-order valence-electron chi connectivity index (χ0n) is 13.0. The maximum absolute atomic E-state index is 12.1. The van der Waals surface area contributed by atoms with E-state index in [2.05, 4.69) is 10.6 Å². The van der Waals surface area contributed by atoms with Crippen molar-refractivity contribution in [3.8, 4) is 0 Å². The van der Waals surface area contributed by atoms with Crippen LogP contribution in [0.3, 0.4) is 0 Å². The number of aliphatic hydroxyl groups excluding tert-OH is 1. The third-order valence-corrected chi connectivity index (χ3v) is 5.07. The van der Waals surface area contributed by atoms with Gasteiger partial charge in [0, 0.05) is 17.5 Å². The summed E-state index contributed by atoms with van der Waals surface area (Å²) >= 11 is 1.55. The van der Waals surface area contributed by atoms with Crippen molar-refractivity contribution >= 4 is 23.2 Å². The molecule has 22 heavy (non-hydrogen) atoms. The Morgan fingerprint density at radius 1 is 1.36 bits per heavy atom. The van der Waals surface area contributed by atoms with Gasteiger partial charge in [0.25, 0.3) is 5.91 Å². The van der Waals surface area contributed by atoms with Crippen LogP contribution in [-0.4, -0.2) is 36.1 Å². The number of rotatable bonds is 7. The maximum atomic E-state index is 12.1. The summed E-state index contributed by atoms with van der Waals surface area (Å²) < 4.78 is 0. The Kier molecular flexibility index (Phi) is 6.39. The van der Waals surface area contributed by atoms with Crippen LogP contribution in [0.1, 0.15) is 52.7 Å². The highest BCUT2D eigenvalue weighted by molar-refractivity contribution is 7.14. The average molecular weight is 324 g/mol. The van der Waals surface area contributed by atoms with Crippen molar-refractivity contribution in [1.82, 2.24) is 10.6 Å². The number of amides is 2.